The van der Waals surface area contributed by atoms with Gasteiger partial charge >= 0.3 is 79.2 Å². The van der Waals surface area contributed by atoms with Gasteiger partial charge in [-0.25, -0.2) is 0 Å². The van der Waals surface area contributed by atoms with Crippen LogP contribution in [0.4, 0.5) is 0 Å². The summed E-state index contributed by atoms with van der Waals surface area (Å²) in [5.41, 5.74) is 18.0. The summed E-state index contributed by atoms with van der Waals surface area (Å²) in [6, 6.07) is 1.30. The fourth-order valence-corrected chi connectivity index (χ4v) is 52.0. The van der Waals surface area contributed by atoms with Gasteiger partial charge in [-0.15, -0.1) is 0 Å². The van der Waals surface area contributed by atoms with Crippen LogP contribution < -0.4 is 17.2 Å². The largest absolute Gasteiger partial charge is 0.658 e. The van der Waals surface area contributed by atoms with Crippen molar-refractivity contribution in [1.82, 2.24) is 0 Å². The summed E-state index contributed by atoms with van der Waals surface area (Å²) >= 11 is 0. The van der Waals surface area contributed by atoms with Crippen molar-refractivity contribution in [3.05, 3.63) is 0 Å². The third kappa shape index (κ3) is 8.94. The van der Waals surface area contributed by atoms with Crippen molar-refractivity contribution >= 4 is 79.2 Å². The Labute approximate surface area is 275 Å². The zero-order valence-corrected chi connectivity index (χ0v) is 36.7. The number of nitrogens with two attached hydrogens (primary N) is 3. The van der Waals surface area contributed by atoms with E-state index in [-0.39, 0.29) is 0 Å². The van der Waals surface area contributed by atoms with Gasteiger partial charge in [0.25, 0.3) is 0 Å². The normalized spacial score (nSPS) is 48.8. The first-order valence-electron chi connectivity index (χ1n) is 15.0. The van der Waals surface area contributed by atoms with Crippen LogP contribution in [0.5, 0.6) is 0 Å². The predicted molar refractivity (Wildman–Crippen MR) is 176 cm³/mol. The zero-order valence-electron chi connectivity index (χ0n) is 27.7. The highest BCUT2D eigenvalue weighted by atomic mass is 28.6. The van der Waals surface area contributed by atoms with E-state index in [0.717, 1.165) is 0 Å². The molecule has 4 aliphatic heterocycles. The Morgan fingerprint density at radius 3 is 1.24 bits per heavy atom. The second-order valence-corrected chi connectivity index (χ2v) is 39.2. The lowest BCUT2D eigenvalue weighted by atomic mass is 10.5. The van der Waals surface area contributed by atoms with Crippen molar-refractivity contribution in [2.45, 2.75) is 76.7 Å². The Morgan fingerprint density at radius 2 is 0.867 bits per heavy atom. The summed E-state index contributed by atoms with van der Waals surface area (Å²) in [5.74, 6) is 0. The topological polar surface area (TPSA) is 217 Å². The monoisotopic (exact) mass is 801 g/mol. The highest BCUT2D eigenvalue weighted by Gasteiger charge is 2.80. The molecule has 6 N–H and O–H groups in total. The number of hydrogen-bond acceptors (Lipinski definition) is 18. The Kier molecular flexibility index (Phi) is 12.2. The maximum atomic E-state index is 7.13. The van der Waals surface area contributed by atoms with Crippen molar-refractivity contribution in [2.24, 2.45) is 17.2 Å². The molecule has 0 aromatic heterocycles. The van der Waals surface area contributed by atoms with Crippen LogP contribution in [-0.4, -0.2) is 120 Å². The Morgan fingerprint density at radius 1 is 0.444 bits per heavy atom. The molecule has 27 heteroatoms. The van der Waals surface area contributed by atoms with E-state index in [9.17, 15) is 0 Å². The first-order valence-corrected chi connectivity index (χ1v) is 34.2. The molecule has 4 unspecified atom stereocenters. The average molecular weight is 802 g/mol. The van der Waals surface area contributed by atoms with Crippen molar-refractivity contribution in [2.75, 3.05) is 41.0 Å². The molecule has 4 aliphatic rings. The highest BCUT2D eigenvalue weighted by molar-refractivity contribution is 6.99. The van der Waals surface area contributed by atoms with E-state index in [0.29, 0.717) is 57.0 Å². The van der Waals surface area contributed by atoms with Gasteiger partial charge in [-0.3, -0.25) is 0 Å². The van der Waals surface area contributed by atoms with E-state index in [1.54, 1.807) is 26.2 Å². The molecule has 4 saturated heterocycles. The summed E-state index contributed by atoms with van der Waals surface area (Å²) in [6.07, 6.45) is 1.73. The summed E-state index contributed by atoms with van der Waals surface area (Å²) in [7, 11) is -30.3. The third-order valence-corrected chi connectivity index (χ3v) is 45.4. The van der Waals surface area contributed by atoms with Gasteiger partial charge < -0.3 is 79.9 Å². The minimum absolute atomic E-state index is 0.300. The van der Waals surface area contributed by atoms with Gasteiger partial charge in [-0.1, -0.05) is 0 Å². The Hall–Kier alpha value is 1.23. The molecule has 45 heavy (non-hydrogen) atoms. The lowest BCUT2D eigenvalue weighted by Gasteiger charge is -2.57. The first kappa shape index (κ1) is 39.0. The van der Waals surface area contributed by atoms with Gasteiger partial charge in [0.2, 0.25) is 0 Å². The molecule has 18 nitrogen and oxygen atoms in total. The molecule has 4 fully saturated rings. The lowest BCUT2D eigenvalue weighted by Crippen LogP contribution is -2.84. The minimum Gasteiger partial charge on any atom is -0.394 e. The summed E-state index contributed by atoms with van der Waals surface area (Å²) in [4.78, 5) is 0. The molecule has 0 aliphatic carbocycles. The molecule has 1 spiro atoms. The molecule has 0 aromatic carbocycles. The van der Waals surface area contributed by atoms with Gasteiger partial charge in [0.15, 0.2) is 0 Å². The van der Waals surface area contributed by atoms with Gasteiger partial charge in [0.1, 0.15) is 0 Å². The molecule has 9 atom stereocenters. The van der Waals surface area contributed by atoms with Crippen LogP contribution in [0, 0.1) is 0 Å². The maximum Gasteiger partial charge on any atom is 0.658 e. The third-order valence-electron chi connectivity index (χ3n) is 7.41. The van der Waals surface area contributed by atoms with Crippen LogP contribution in [0.1, 0.15) is 19.3 Å². The highest BCUT2D eigenvalue weighted by Crippen LogP contribution is 2.47. The summed E-state index contributed by atoms with van der Waals surface area (Å²) in [6.45, 7) is 11.8. The van der Waals surface area contributed by atoms with Crippen LogP contribution in [0.2, 0.25) is 57.4 Å². The predicted octanol–water partition coefficient (Wildman–Crippen LogP) is 0.455. The standard InChI is InChI=1S/C18H51N3O15Si9/c1-22-39(6)29-41(8)25-37(4,16-10-13-19)27-43(18-12-15-21)28-38(5,17-11-14-20)26-42(9)30-40(7,23-2)32-44(24-3,31-39)36-45(33-41,34-42)35-43/h10-21H2,1-9H3/t37-,38+,39+,40-,41-,42?,43?,44?,45?/m1/s1. The van der Waals surface area contributed by atoms with E-state index >= 15 is 0 Å². The van der Waals surface area contributed by atoms with Crippen LogP contribution in [0.25, 0.3) is 0 Å². The smallest absolute Gasteiger partial charge is 0.394 e. The number of rotatable bonds is 12. The first-order chi connectivity index (χ1) is 20.8. The molecule has 0 radical (unpaired) electrons. The lowest BCUT2D eigenvalue weighted by molar-refractivity contribution is -0.0501. The average Bonchev–Trinajstić information content (AvgIpc) is 2.90. The quantitative estimate of drug-likeness (QED) is 0.228. The fourth-order valence-electron chi connectivity index (χ4n) is 5.64. The van der Waals surface area contributed by atoms with Crippen molar-refractivity contribution in [3.8, 4) is 0 Å². The van der Waals surface area contributed by atoms with Crippen LogP contribution in [0.15, 0.2) is 0 Å². The van der Waals surface area contributed by atoms with E-state index < -0.39 is 79.2 Å². The molecule has 0 amide bonds. The fraction of sp³-hybridized carbons (Fsp3) is 1.00. The minimum atomic E-state index is -4.62. The Bertz CT molecular complexity index is 995. The molecule has 4 heterocycles. The van der Waals surface area contributed by atoms with Crippen LogP contribution in [-0.2, 0) is 62.7 Å². The molecule has 0 aromatic rings. The maximum absolute atomic E-state index is 7.13. The van der Waals surface area contributed by atoms with E-state index in [2.05, 4.69) is 0 Å². The second kappa shape index (κ2) is 14.1. The molecule has 0 saturated carbocycles. The summed E-state index contributed by atoms with van der Waals surface area (Å²) < 4.78 is 99.8. The van der Waals surface area contributed by atoms with Crippen molar-refractivity contribution in [1.29, 1.82) is 0 Å². The molecule has 264 valence electrons. The molecule has 5 bridgehead atoms. The van der Waals surface area contributed by atoms with Gasteiger partial charge in [-0.05, 0) is 64.1 Å². The van der Waals surface area contributed by atoms with Crippen molar-refractivity contribution in [3.63, 3.8) is 0 Å². The second-order valence-electron chi connectivity index (χ2n) is 11.9. The number of fused-ring (bicyclic) bond motifs is 4. The zero-order chi connectivity index (χ0) is 33.5. The SMILES string of the molecule is CO[Si]12O[Si]34O[Si](C)(O[Si@](C)(CCCN)O[Si](CCCN)(O3)O[Si@](C)(CCCN)O[Si@@](C)(O4)O[Si@](C)(OC)O1)O[Si@@](C)(OC)O2. The van der Waals surface area contributed by atoms with E-state index in [1.807, 2.05) is 13.1 Å². The van der Waals surface area contributed by atoms with E-state index in [4.69, 9.17) is 79.9 Å². The molecule has 4 rings (SSSR count). The van der Waals surface area contributed by atoms with Crippen molar-refractivity contribution < 1.29 is 62.7 Å². The molecular weight excluding hydrogens is 751 g/mol. The Balaban J connectivity index is 2.01. The molecular formula is C18H51N3O15Si9. The van der Waals surface area contributed by atoms with E-state index in [1.165, 1.54) is 21.3 Å². The van der Waals surface area contributed by atoms with Crippen LogP contribution >= 0.6 is 0 Å². The van der Waals surface area contributed by atoms with Gasteiger partial charge in [0.05, 0.1) is 0 Å². The van der Waals surface area contributed by atoms with Crippen LogP contribution in [0.3, 0.4) is 0 Å². The van der Waals surface area contributed by atoms with Gasteiger partial charge in [0, 0.05) is 53.6 Å². The summed E-state index contributed by atoms with van der Waals surface area (Å²) in [5, 5.41) is 0. The number of hydrogen-bond donors (Lipinski definition) is 3. The van der Waals surface area contributed by atoms with Gasteiger partial charge in [-0.2, -0.15) is 0 Å².